The molecule has 2 aromatic rings. The van der Waals surface area contributed by atoms with Crippen LogP contribution in [0.2, 0.25) is 0 Å². The van der Waals surface area contributed by atoms with Crippen molar-refractivity contribution < 1.29 is 9.53 Å². The van der Waals surface area contributed by atoms with Gasteiger partial charge in [-0.25, -0.2) is 0 Å². The number of hydrogen-bond acceptors (Lipinski definition) is 3. The van der Waals surface area contributed by atoms with E-state index < -0.39 is 0 Å². The topological polar surface area (TPSA) is 29.5 Å². The Morgan fingerprint density at radius 3 is 2.28 bits per heavy atom. The molecule has 0 aliphatic carbocycles. The average molecular weight is 335 g/mol. The van der Waals surface area contributed by atoms with Crippen LogP contribution in [0.4, 0.5) is 0 Å². The van der Waals surface area contributed by atoms with Gasteiger partial charge in [0.15, 0.2) is 5.78 Å². The Labute approximate surface area is 149 Å². The number of hydrogen-bond donors (Lipinski definition) is 0. The van der Waals surface area contributed by atoms with Gasteiger partial charge in [0.2, 0.25) is 0 Å². The summed E-state index contributed by atoms with van der Waals surface area (Å²) in [6.07, 6.45) is 1.80. The smallest absolute Gasteiger partial charge is 0.166 e. The highest BCUT2D eigenvalue weighted by Crippen LogP contribution is 2.34. The third-order valence-corrected chi connectivity index (χ3v) is 5.59. The molecule has 3 nitrogen and oxygen atoms in total. The van der Waals surface area contributed by atoms with Gasteiger partial charge in [0.05, 0.1) is 13.2 Å². The number of rotatable bonds is 4. The SMILES string of the molecule is Cc1ccc(C(=O)C2CC3COCC(C2)N3Cc2ccccc2)cc1. The summed E-state index contributed by atoms with van der Waals surface area (Å²) in [5.41, 5.74) is 3.38. The molecule has 2 aliphatic rings. The highest BCUT2D eigenvalue weighted by Gasteiger charge is 2.41. The Kier molecular flexibility index (Phi) is 4.69. The van der Waals surface area contributed by atoms with E-state index in [1.54, 1.807) is 0 Å². The molecule has 2 aromatic carbocycles. The van der Waals surface area contributed by atoms with Crippen molar-refractivity contribution in [2.45, 2.75) is 38.4 Å². The van der Waals surface area contributed by atoms with Gasteiger partial charge in [-0.15, -0.1) is 0 Å². The van der Waals surface area contributed by atoms with Crippen molar-refractivity contribution in [2.75, 3.05) is 13.2 Å². The van der Waals surface area contributed by atoms with Gasteiger partial charge in [-0.1, -0.05) is 60.2 Å². The van der Waals surface area contributed by atoms with Gasteiger partial charge >= 0.3 is 0 Å². The molecule has 2 saturated heterocycles. The number of Topliss-reactive ketones (excluding diaryl/α,β-unsaturated/α-hetero) is 1. The molecule has 25 heavy (non-hydrogen) atoms. The lowest BCUT2D eigenvalue weighted by atomic mass is 9.80. The van der Waals surface area contributed by atoms with Crippen molar-refractivity contribution in [2.24, 2.45) is 5.92 Å². The zero-order valence-corrected chi connectivity index (χ0v) is 14.7. The van der Waals surface area contributed by atoms with E-state index in [0.717, 1.165) is 38.2 Å². The van der Waals surface area contributed by atoms with Crippen LogP contribution in [-0.2, 0) is 11.3 Å². The van der Waals surface area contributed by atoms with Crippen molar-refractivity contribution in [1.82, 2.24) is 4.90 Å². The minimum absolute atomic E-state index is 0.119. The quantitative estimate of drug-likeness (QED) is 0.795. The van der Waals surface area contributed by atoms with Crippen molar-refractivity contribution >= 4 is 5.78 Å². The number of nitrogens with zero attached hydrogens (tertiary/aromatic N) is 1. The Morgan fingerprint density at radius 1 is 1.00 bits per heavy atom. The molecule has 2 bridgehead atoms. The summed E-state index contributed by atoms with van der Waals surface area (Å²) in [6, 6.07) is 19.3. The number of ketones is 1. The van der Waals surface area contributed by atoms with Gasteiger partial charge in [0.1, 0.15) is 0 Å². The maximum absolute atomic E-state index is 12.9. The Morgan fingerprint density at radius 2 is 1.64 bits per heavy atom. The highest BCUT2D eigenvalue weighted by molar-refractivity contribution is 5.98. The Bertz CT molecular complexity index is 711. The molecule has 3 heteroatoms. The standard InChI is InChI=1S/C22H25NO2/c1-16-7-9-18(10-8-16)22(24)19-11-20-14-25-15-21(12-19)23(20)13-17-5-3-2-4-6-17/h2-10,19-21H,11-15H2,1H3. The van der Waals surface area contributed by atoms with Crippen LogP contribution < -0.4 is 0 Å². The van der Waals surface area contributed by atoms with Crippen LogP contribution in [0.5, 0.6) is 0 Å². The lowest BCUT2D eigenvalue weighted by Gasteiger charge is -2.48. The third-order valence-electron chi connectivity index (χ3n) is 5.59. The van der Waals surface area contributed by atoms with Gasteiger partial charge in [0, 0.05) is 30.1 Å². The molecular formula is C22H25NO2. The predicted octanol–water partition coefficient (Wildman–Crippen LogP) is 3.86. The molecule has 0 amide bonds. The van der Waals surface area contributed by atoms with Crippen LogP contribution in [0, 0.1) is 12.8 Å². The molecule has 2 atom stereocenters. The first-order chi connectivity index (χ1) is 12.2. The monoisotopic (exact) mass is 335 g/mol. The van der Waals surface area contributed by atoms with Crippen molar-refractivity contribution in [3.8, 4) is 0 Å². The van der Waals surface area contributed by atoms with Crippen LogP contribution in [-0.4, -0.2) is 36.0 Å². The molecule has 0 aromatic heterocycles. The van der Waals surface area contributed by atoms with Crippen molar-refractivity contribution in [3.05, 3.63) is 71.3 Å². The molecule has 0 N–H and O–H groups in total. The van der Waals surface area contributed by atoms with Gasteiger partial charge in [-0.3, -0.25) is 9.69 Å². The lowest BCUT2D eigenvalue weighted by Crippen LogP contribution is -2.57. The molecule has 2 aliphatic heterocycles. The third kappa shape index (κ3) is 3.53. The fourth-order valence-electron chi connectivity index (χ4n) is 4.21. The molecule has 0 radical (unpaired) electrons. The summed E-state index contributed by atoms with van der Waals surface area (Å²) in [7, 11) is 0. The fourth-order valence-corrected chi connectivity index (χ4v) is 4.21. The van der Waals surface area contributed by atoms with Gasteiger partial charge in [-0.2, -0.15) is 0 Å². The summed E-state index contributed by atoms with van der Waals surface area (Å²) >= 11 is 0. The van der Waals surface area contributed by atoms with Gasteiger partial charge < -0.3 is 4.74 Å². The summed E-state index contributed by atoms with van der Waals surface area (Å²) in [4.78, 5) is 15.5. The number of carbonyl (C=O) groups excluding carboxylic acids is 1. The normalized spacial score (nSPS) is 26.4. The first-order valence-electron chi connectivity index (χ1n) is 9.19. The average Bonchev–Trinajstić information content (AvgIpc) is 2.62. The van der Waals surface area contributed by atoms with E-state index in [4.69, 9.17) is 4.74 Å². The van der Waals surface area contributed by atoms with Crippen LogP contribution in [0.1, 0.15) is 34.3 Å². The maximum atomic E-state index is 12.9. The second-order valence-corrected chi connectivity index (χ2v) is 7.40. The minimum Gasteiger partial charge on any atom is -0.378 e. The first kappa shape index (κ1) is 16.5. The number of ether oxygens (including phenoxy) is 1. The summed E-state index contributed by atoms with van der Waals surface area (Å²) < 4.78 is 5.80. The molecule has 0 saturated carbocycles. The molecule has 2 heterocycles. The van der Waals surface area contributed by atoms with Crippen LogP contribution in [0.3, 0.4) is 0 Å². The van der Waals surface area contributed by atoms with Crippen molar-refractivity contribution in [1.29, 1.82) is 0 Å². The Hall–Kier alpha value is -1.97. The van der Waals surface area contributed by atoms with Crippen LogP contribution in [0.15, 0.2) is 54.6 Å². The van der Waals surface area contributed by atoms with Gasteiger partial charge in [-0.05, 0) is 25.3 Å². The second-order valence-electron chi connectivity index (χ2n) is 7.40. The molecule has 130 valence electrons. The lowest BCUT2D eigenvalue weighted by molar-refractivity contribution is -0.0872. The highest BCUT2D eigenvalue weighted by atomic mass is 16.5. The zero-order valence-electron chi connectivity index (χ0n) is 14.7. The largest absolute Gasteiger partial charge is 0.378 e. The van der Waals surface area contributed by atoms with E-state index in [1.807, 2.05) is 24.3 Å². The fraction of sp³-hybridized carbons (Fsp3) is 0.409. The number of fused-ring (bicyclic) bond motifs is 2. The zero-order chi connectivity index (χ0) is 17.2. The number of morpholine rings is 1. The number of piperidine rings is 1. The molecule has 2 fully saturated rings. The van der Waals surface area contributed by atoms with Crippen LogP contribution in [0.25, 0.3) is 0 Å². The number of carbonyl (C=O) groups is 1. The number of aryl methyl sites for hydroxylation is 1. The van der Waals surface area contributed by atoms with E-state index in [2.05, 4.69) is 42.2 Å². The predicted molar refractivity (Wildman–Crippen MR) is 98.6 cm³/mol. The van der Waals surface area contributed by atoms with Gasteiger partial charge in [0.25, 0.3) is 0 Å². The second kappa shape index (κ2) is 7.11. The summed E-state index contributed by atoms with van der Waals surface area (Å²) in [5.74, 6) is 0.421. The van der Waals surface area contributed by atoms with E-state index in [0.29, 0.717) is 17.9 Å². The Balaban J connectivity index is 1.49. The molecule has 4 rings (SSSR count). The number of benzene rings is 2. The molecule has 0 spiro atoms. The molecular weight excluding hydrogens is 310 g/mol. The van der Waals surface area contributed by atoms with E-state index >= 15 is 0 Å². The van der Waals surface area contributed by atoms with E-state index in [1.165, 1.54) is 11.1 Å². The summed E-state index contributed by atoms with van der Waals surface area (Å²) in [6.45, 7) is 4.48. The first-order valence-corrected chi connectivity index (χ1v) is 9.19. The van der Waals surface area contributed by atoms with E-state index in [9.17, 15) is 4.79 Å². The maximum Gasteiger partial charge on any atom is 0.166 e. The van der Waals surface area contributed by atoms with Crippen molar-refractivity contribution in [3.63, 3.8) is 0 Å². The summed E-state index contributed by atoms with van der Waals surface area (Å²) in [5, 5.41) is 0. The van der Waals surface area contributed by atoms with Crippen LogP contribution >= 0.6 is 0 Å². The molecule has 2 unspecified atom stereocenters. The van der Waals surface area contributed by atoms with E-state index in [-0.39, 0.29) is 5.92 Å². The minimum atomic E-state index is 0.119.